The first-order valence-electron chi connectivity index (χ1n) is 11.0. The monoisotopic (exact) mass is 585 g/mol. The van der Waals surface area contributed by atoms with Crippen molar-refractivity contribution in [2.24, 2.45) is 16.3 Å². The van der Waals surface area contributed by atoms with Gasteiger partial charge in [0.25, 0.3) is 0 Å². The Balaban J connectivity index is 1.71. The third-order valence-electron chi connectivity index (χ3n) is 6.84. The molecule has 1 aliphatic carbocycles. The van der Waals surface area contributed by atoms with Crippen LogP contribution in [0.3, 0.4) is 0 Å². The molecule has 176 valence electrons. The predicted molar refractivity (Wildman–Crippen MR) is 141 cm³/mol. The van der Waals surface area contributed by atoms with Crippen LogP contribution < -0.4 is 10.2 Å². The van der Waals surface area contributed by atoms with Gasteiger partial charge in [0.15, 0.2) is 0 Å². The number of aliphatic imine (C=N–C) groups is 1. The zero-order valence-corrected chi connectivity index (χ0v) is 21.8. The number of anilines is 2. The van der Waals surface area contributed by atoms with E-state index in [0.717, 1.165) is 47.1 Å². The molecule has 0 amide bonds. The Morgan fingerprint density at radius 2 is 1.70 bits per heavy atom. The number of halogens is 4. The number of thiocarbonyl (C=S) groups is 1. The zero-order valence-electron chi connectivity index (χ0n) is 18.8. The van der Waals surface area contributed by atoms with E-state index in [0.29, 0.717) is 22.6 Å². The van der Waals surface area contributed by atoms with E-state index < -0.39 is 17.3 Å². The van der Waals surface area contributed by atoms with Crippen LogP contribution in [-0.2, 0) is 6.18 Å². The molecule has 2 aliphatic rings. The Bertz CT molecular complexity index is 1070. The molecule has 2 aromatic carbocycles. The van der Waals surface area contributed by atoms with Gasteiger partial charge in [-0.15, -0.1) is 0 Å². The predicted octanol–water partition coefficient (Wildman–Crippen LogP) is 7.90. The summed E-state index contributed by atoms with van der Waals surface area (Å²) in [4.78, 5) is 6.80. The fourth-order valence-electron chi connectivity index (χ4n) is 4.96. The van der Waals surface area contributed by atoms with Crippen molar-refractivity contribution >= 4 is 57.1 Å². The number of amidine groups is 1. The number of hydrogen-bond donors (Lipinski definition) is 1. The summed E-state index contributed by atoms with van der Waals surface area (Å²) in [7, 11) is 0. The lowest BCUT2D eigenvalue weighted by Crippen LogP contribution is -2.56. The molecule has 3 nitrogen and oxygen atoms in total. The van der Waals surface area contributed by atoms with E-state index >= 15 is 0 Å². The molecule has 0 unspecified atom stereocenters. The third kappa shape index (κ3) is 4.92. The maximum Gasteiger partial charge on any atom is 0.416 e. The standard InChI is InChI=1S/C25H27F3IN3S/c1-23(2,3)16-11-13-24(14-12-16)21(30-19-6-4-5-17(15-19)25(26,27)28)31-22(33)32(24)20-9-7-18(29)8-10-20/h4-10,15-16H,11-14H2,1-3H3,(H,30,31,33). The highest BCUT2D eigenvalue weighted by Gasteiger charge is 2.51. The molecule has 4 rings (SSSR count). The van der Waals surface area contributed by atoms with Gasteiger partial charge < -0.3 is 10.2 Å². The lowest BCUT2D eigenvalue weighted by Gasteiger charge is -2.47. The molecule has 1 N–H and O–H groups in total. The van der Waals surface area contributed by atoms with Gasteiger partial charge in [-0.25, -0.2) is 4.99 Å². The highest BCUT2D eigenvalue weighted by Crippen LogP contribution is 2.48. The zero-order chi connectivity index (χ0) is 24.0. The van der Waals surface area contributed by atoms with Crippen LogP contribution in [0.2, 0.25) is 0 Å². The lowest BCUT2D eigenvalue weighted by atomic mass is 9.66. The van der Waals surface area contributed by atoms with Crippen LogP contribution in [0.4, 0.5) is 24.5 Å². The van der Waals surface area contributed by atoms with Crippen molar-refractivity contribution in [2.45, 2.75) is 58.2 Å². The average Bonchev–Trinajstić information content (AvgIpc) is 2.98. The summed E-state index contributed by atoms with van der Waals surface area (Å²) in [5.41, 5.74) is 0.334. The van der Waals surface area contributed by atoms with Gasteiger partial charge in [-0.3, -0.25) is 0 Å². The summed E-state index contributed by atoms with van der Waals surface area (Å²) in [6.45, 7) is 6.80. The maximum absolute atomic E-state index is 13.3. The molecular weight excluding hydrogens is 558 g/mol. The van der Waals surface area contributed by atoms with E-state index in [-0.39, 0.29) is 5.41 Å². The van der Waals surface area contributed by atoms with Crippen LogP contribution in [0.25, 0.3) is 0 Å². The summed E-state index contributed by atoms with van der Waals surface area (Å²) >= 11 is 7.97. The SMILES string of the molecule is CC(C)(C)C1CCC2(CC1)C(Nc1cccc(C(F)(F)F)c1)=NC(=S)N2c1ccc(I)cc1. The first-order valence-corrected chi connectivity index (χ1v) is 12.5. The normalized spacial score (nSPS) is 23.7. The summed E-state index contributed by atoms with van der Waals surface area (Å²) in [5, 5.41) is 3.67. The van der Waals surface area contributed by atoms with Gasteiger partial charge in [0.1, 0.15) is 11.4 Å². The van der Waals surface area contributed by atoms with E-state index in [9.17, 15) is 13.2 Å². The van der Waals surface area contributed by atoms with E-state index in [1.807, 2.05) is 24.3 Å². The number of benzene rings is 2. The summed E-state index contributed by atoms with van der Waals surface area (Å²) < 4.78 is 40.9. The minimum Gasteiger partial charge on any atom is -0.342 e. The first-order chi connectivity index (χ1) is 15.4. The highest BCUT2D eigenvalue weighted by molar-refractivity contribution is 14.1. The Morgan fingerprint density at radius 1 is 1.06 bits per heavy atom. The van der Waals surface area contributed by atoms with Gasteiger partial charge >= 0.3 is 6.18 Å². The largest absolute Gasteiger partial charge is 0.416 e. The molecule has 33 heavy (non-hydrogen) atoms. The maximum atomic E-state index is 13.3. The molecule has 0 atom stereocenters. The quantitative estimate of drug-likeness (QED) is 0.287. The van der Waals surface area contributed by atoms with Crippen molar-refractivity contribution in [3.8, 4) is 0 Å². The second kappa shape index (κ2) is 8.83. The van der Waals surface area contributed by atoms with Gasteiger partial charge in [-0.2, -0.15) is 13.2 Å². The molecule has 2 aromatic rings. The highest BCUT2D eigenvalue weighted by atomic mass is 127. The molecule has 0 radical (unpaired) electrons. The van der Waals surface area contributed by atoms with Crippen molar-refractivity contribution in [3.63, 3.8) is 0 Å². The molecule has 1 aliphatic heterocycles. The van der Waals surface area contributed by atoms with E-state index in [1.165, 1.54) is 6.07 Å². The number of nitrogens with zero attached hydrogens (tertiary/aromatic N) is 2. The molecule has 1 spiro atoms. The van der Waals surface area contributed by atoms with Crippen LogP contribution in [0.5, 0.6) is 0 Å². The Labute approximate surface area is 212 Å². The average molecular weight is 585 g/mol. The topological polar surface area (TPSA) is 27.6 Å². The van der Waals surface area contributed by atoms with Crippen LogP contribution in [0.1, 0.15) is 52.0 Å². The number of hydrogen-bond acceptors (Lipinski definition) is 2. The summed E-state index contributed by atoms with van der Waals surface area (Å²) in [5.74, 6) is 1.20. The number of alkyl halides is 3. The van der Waals surface area contributed by atoms with E-state index in [2.05, 4.69) is 53.6 Å². The minimum atomic E-state index is -4.40. The van der Waals surface area contributed by atoms with Gasteiger partial charge in [0.05, 0.1) is 5.56 Å². The Kier molecular flexibility index (Phi) is 6.54. The van der Waals surface area contributed by atoms with E-state index in [4.69, 9.17) is 17.2 Å². The van der Waals surface area contributed by atoms with Crippen molar-refractivity contribution in [3.05, 3.63) is 57.7 Å². The molecule has 8 heteroatoms. The molecule has 1 fully saturated rings. The Morgan fingerprint density at radius 3 is 2.27 bits per heavy atom. The van der Waals surface area contributed by atoms with Crippen molar-refractivity contribution in [2.75, 3.05) is 10.2 Å². The van der Waals surface area contributed by atoms with Crippen LogP contribution in [-0.4, -0.2) is 16.5 Å². The minimum absolute atomic E-state index is 0.195. The molecule has 0 aromatic heterocycles. The van der Waals surface area contributed by atoms with Crippen molar-refractivity contribution in [1.82, 2.24) is 0 Å². The third-order valence-corrected chi connectivity index (χ3v) is 7.84. The smallest absolute Gasteiger partial charge is 0.342 e. The molecule has 0 saturated heterocycles. The fraction of sp³-hybridized carbons (Fsp3) is 0.440. The lowest BCUT2D eigenvalue weighted by molar-refractivity contribution is -0.137. The van der Waals surface area contributed by atoms with E-state index in [1.54, 1.807) is 6.07 Å². The Hall–Kier alpha value is -1.68. The molecule has 0 bridgehead atoms. The number of rotatable bonds is 2. The van der Waals surface area contributed by atoms with Crippen LogP contribution >= 0.6 is 34.8 Å². The molecule has 1 saturated carbocycles. The van der Waals surface area contributed by atoms with Gasteiger partial charge in [0, 0.05) is 14.9 Å². The second-order valence-corrected chi connectivity index (χ2v) is 11.5. The van der Waals surface area contributed by atoms with Gasteiger partial charge in [0.2, 0.25) is 5.11 Å². The van der Waals surface area contributed by atoms with Crippen LogP contribution in [0, 0.1) is 14.9 Å². The van der Waals surface area contributed by atoms with Gasteiger partial charge in [-0.1, -0.05) is 26.8 Å². The number of nitrogens with one attached hydrogen (secondary N) is 1. The van der Waals surface area contributed by atoms with Crippen LogP contribution in [0.15, 0.2) is 53.5 Å². The van der Waals surface area contributed by atoms with Gasteiger partial charge in [-0.05, 0) is 114 Å². The van der Waals surface area contributed by atoms with Crippen molar-refractivity contribution < 1.29 is 13.2 Å². The molecular formula is C25H27F3IN3S. The molecule has 1 heterocycles. The fourth-order valence-corrected chi connectivity index (χ4v) is 5.69. The van der Waals surface area contributed by atoms with Crippen molar-refractivity contribution in [1.29, 1.82) is 0 Å². The summed E-state index contributed by atoms with van der Waals surface area (Å²) in [6.07, 6.45) is -0.760. The second-order valence-electron chi connectivity index (χ2n) is 9.93. The summed E-state index contributed by atoms with van der Waals surface area (Å²) in [6, 6.07) is 13.4. The first kappa shape index (κ1) is 24.4.